The van der Waals surface area contributed by atoms with Crippen LogP contribution in [0.3, 0.4) is 0 Å². The van der Waals surface area contributed by atoms with Crippen LogP contribution in [0, 0.1) is 0 Å². The summed E-state index contributed by atoms with van der Waals surface area (Å²) in [7, 11) is 0. The summed E-state index contributed by atoms with van der Waals surface area (Å²) in [6.07, 6.45) is 10.0. The van der Waals surface area contributed by atoms with Gasteiger partial charge in [0.15, 0.2) is 0 Å². The van der Waals surface area contributed by atoms with Crippen molar-refractivity contribution in [2.24, 2.45) is 5.10 Å². The Morgan fingerprint density at radius 1 is 0.912 bits per heavy atom. The van der Waals surface area contributed by atoms with Crippen molar-refractivity contribution in [3.05, 3.63) is 76.8 Å². The average Bonchev–Trinajstić information content (AvgIpc) is 2.84. The maximum Gasteiger partial charge on any atom is 0.345 e. The van der Waals surface area contributed by atoms with E-state index in [0.717, 1.165) is 30.0 Å². The van der Waals surface area contributed by atoms with Gasteiger partial charge in [-0.3, -0.25) is 4.79 Å². The maximum absolute atomic E-state index is 12.7. The van der Waals surface area contributed by atoms with E-state index in [1.54, 1.807) is 30.3 Å². The highest BCUT2D eigenvalue weighted by atomic mass is 35.5. The predicted molar refractivity (Wildman–Crippen MR) is 139 cm³/mol. The summed E-state index contributed by atoms with van der Waals surface area (Å²) < 4.78 is 5.67. The van der Waals surface area contributed by atoms with Crippen LogP contribution in [-0.2, 0) is 4.79 Å². The van der Waals surface area contributed by atoms with Crippen molar-refractivity contribution < 1.29 is 14.3 Å². The highest BCUT2D eigenvalue weighted by Gasteiger charge is 2.15. The first-order valence-corrected chi connectivity index (χ1v) is 12.3. The van der Waals surface area contributed by atoms with Gasteiger partial charge >= 0.3 is 5.97 Å². The quantitative estimate of drug-likeness (QED) is 0.0975. The number of hydrogen-bond donors (Lipinski definition) is 1. The van der Waals surface area contributed by atoms with E-state index in [-0.39, 0.29) is 11.5 Å². The molecule has 0 aromatic heterocycles. The van der Waals surface area contributed by atoms with Crippen LogP contribution < -0.4 is 10.2 Å². The molecule has 1 N–H and O–H groups in total. The predicted octanol–water partition coefficient (Wildman–Crippen LogP) is 7.30. The van der Waals surface area contributed by atoms with Gasteiger partial charge in [0.05, 0.1) is 16.8 Å². The summed E-state index contributed by atoms with van der Waals surface area (Å²) in [5, 5.41) is 6.29. The molecule has 34 heavy (non-hydrogen) atoms. The lowest BCUT2D eigenvalue weighted by atomic mass is 10.0. The van der Waals surface area contributed by atoms with Crippen molar-refractivity contribution in [2.75, 3.05) is 0 Å². The monoisotopic (exact) mass is 478 g/mol. The van der Waals surface area contributed by atoms with Crippen LogP contribution in [0.25, 0.3) is 10.8 Å². The van der Waals surface area contributed by atoms with Crippen molar-refractivity contribution in [1.29, 1.82) is 0 Å². The Labute approximate surface area is 206 Å². The van der Waals surface area contributed by atoms with Crippen molar-refractivity contribution in [2.45, 2.75) is 58.3 Å². The molecule has 0 saturated heterocycles. The van der Waals surface area contributed by atoms with Crippen LogP contribution in [0.2, 0.25) is 5.02 Å². The minimum absolute atomic E-state index is 0.125. The summed E-state index contributed by atoms with van der Waals surface area (Å²) >= 11 is 6.15. The number of unbranched alkanes of at least 4 members (excludes halogenated alkanes) is 6. The number of amides is 1. The average molecular weight is 479 g/mol. The molecule has 0 saturated carbocycles. The molecule has 0 bridgehead atoms. The number of benzene rings is 3. The lowest BCUT2D eigenvalue weighted by Crippen LogP contribution is -2.17. The fourth-order valence-electron chi connectivity index (χ4n) is 3.75. The lowest BCUT2D eigenvalue weighted by Gasteiger charge is -2.11. The van der Waals surface area contributed by atoms with Crippen molar-refractivity contribution in [1.82, 2.24) is 5.43 Å². The molecule has 0 aliphatic carbocycles. The van der Waals surface area contributed by atoms with E-state index in [2.05, 4.69) is 17.5 Å². The minimum Gasteiger partial charge on any atom is -0.422 e. The van der Waals surface area contributed by atoms with E-state index < -0.39 is 5.97 Å². The Balaban J connectivity index is 1.66. The molecule has 0 aliphatic heterocycles. The van der Waals surface area contributed by atoms with E-state index in [0.29, 0.717) is 22.8 Å². The zero-order chi connectivity index (χ0) is 24.2. The van der Waals surface area contributed by atoms with Gasteiger partial charge in [0, 0.05) is 12.0 Å². The normalized spacial score (nSPS) is 11.1. The molecule has 0 aliphatic rings. The molecule has 3 rings (SSSR count). The van der Waals surface area contributed by atoms with Crippen molar-refractivity contribution in [3.8, 4) is 5.75 Å². The second-order valence-electron chi connectivity index (χ2n) is 8.23. The van der Waals surface area contributed by atoms with Gasteiger partial charge in [-0.15, -0.1) is 0 Å². The fraction of sp³-hybridized carbons (Fsp3) is 0.321. The zero-order valence-electron chi connectivity index (χ0n) is 19.6. The number of nitrogens with one attached hydrogen (secondary N) is 1. The number of carbonyl (C=O) groups is 2. The third-order valence-electron chi connectivity index (χ3n) is 5.62. The van der Waals surface area contributed by atoms with Crippen LogP contribution in [0.15, 0.2) is 65.8 Å². The van der Waals surface area contributed by atoms with E-state index in [9.17, 15) is 9.59 Å². The van der Waals surface area contributed by atoms with Crippen LogP contribution in [0.5, 0.6) is 5.75 Å². The van der Waals surface area contributed by atoms with Crippen molar-refractivity contribution in [3.63, 3.8) is 0 Å². The zero-order valence-corrected chi connectivity index (χ0v) is 20.3. The summed E-state index contributed by atoms with van der Waals surface area (Å²) in [6, 6.07) is 18.1. The fourth-order valence-corrected chi connectivity index (χ4v) is 3.96. The number of hydrogen-bond acceptors (Lipinski definition) is 4. The first-order valence-electron chi connectivity index (χ1n) is 11.9. The number of halogens is 1. The molecule has 1 amide bonds. The molecule has 178 valence electrons. The molecular weight excluding hydrogens is 448 g/mol. The van der Waals surface area contributed by atoms with Gasteiger partial charge in [0.25, 0.3) is 0 Å². The van der Waals surface area contributed by atoms with Crippen LogP contribution >= 0.6 is 11.6 Å². The Hall–Kier alpha value is -3.18. The van der Waals surface area contributed by atoms with Gasteiger partial charge in [-0.1, -0.05) is 99.5 Å². The van der Waals surface area contributed by atoms with Gasteiger partial charge in [-0.2, -0.15) is 5.10 Å². The summed E-state index contributed by atoms with van der Waals surface area (Å²) in [4.78, 5) is 24.9. The molecule has 0 spiro atoms. The standard InChI is InChI=1S/C28H31ClN2O3/c1-2-3-4-5-6-7-8-17-27(32)31-30-20-24-22-14-10-9-13-21(22)18-19-26(24)34-28(33)23-15-11-12-16-25(23)29/h9-16,18-20H,2-8,17H2,1H3,(H,31,32)/b30-20-. The van der Waals surface area contributed by atoms with E-state index in [1.165, 1.54) is 31.9 Å². The lowest BCUT2D eigenvalue weighted by molar-refractivity contribution is -0.121. The molecule has 3 aromatic rings. The number of hydrazone groups is 1. The first-order chi connectivity index (χ1) is 16.6. The molecular formula is C28H31ClN2O3. The maximum atomic E-state index is 12.7. The van der Waals surface area contributed by atoms with Gasteiger partial charge in [-0.05, 0) is 35.4 Å². The molecule has 0 fully saturated rings. The number of ether oxygens (including phenoxy) is 1. The van der Waals surface area contributed by atoms with Gasteiger partial charge in [-0.25, -0.2) is 10.2 Å². The minimum atomic E-state index is -0.557. The topological polar surface area (TPSA) is 67.8 Å². The molecule has 0 atom stereocenters. The number of carbonyl (C=O) groups excluding carboxylic acids is 2. The molecule has 6 heteroatoms. The smallest absolute Gasteiger partial charge is 0.345 e. The van der Waals surface area contributed by atoms with Crippen LogP contribution in [-0.4, -0.2) is 18.1 Å². The van der Waals surface area contributed by atoms with Crippen LogP contribution in [0.4, 0.5) is 0 Å². The summed E-state index contributed by atoms with van der Waals surface area (Å²) in [5.41, 5.74) is 3.48. The Bertz CT molecular complexity index is 1140. The molecule has 0 heterocycles. The number of fused-ring (bicyclic) bond motifs is 1. The molecule has 5 nitrogen and oxygen atoms in total. The third-order valence-corrected chi connectivity index (χ3v) is 5.95. The van der Waals surface area contributed by atoms with Gasteiger partial charge in [0.1, 0.15) is 5.75 Å². The molecule has 3 aromatic carbocycles. The van der Waals surface area contributed by atoms with E-state index in [4.69, 9.17) is 16.3 Å². The van der Waals surface area contributed by atoms with E-state index >= 15 is 0 Å². The highest BCUT2D eigenvalue weighted by molar-refractivity contribution is 6.33. The number of esters is 1. The Morgan fingerprint density at radius 2 is 1.62 bits per heavy atom. The Kier molecular flexibility index (Phi) is 10.1. The number of nitrogens with zero attached hydrogens (tertiary/aromatic N) is 1. The van der Waals surface area contributed by atoms with Crippen molar-refractivity contribution >= 4 is 40.5 Å². The SMILES string of the molecule is CCCCCCCCCC(=O)N/N=C\c1c(OC(=O)c2ccccc2Cl)ccc2ccccc12. The number of rotatable bonds is 12. The highest BCUT2D eigenvalue weighted by Crippen LogP contribution is 2.28. The largest absolute Gasteiger partial charge is 0.422 e. The first kappa shape index (κ1) is 25.4. The van der Waals surface area contributed by atoms with Gasteiger partial charge in [0.2, 0.25) is 5.91 Å². The molecule has 0 unspecified atom stereocenters. The molecule has 0 radical (unpaired) electrons. The summed E-state index contributed by atoms with van der Waals surface area (Å²) in [5.74, 6) is -0.341. The van der Waals surface area contributed by atoms with Gasteiger partial charge < -0.3 is 4.74 Å². The third kappa shape index (κ3) is 7.42. The second-order valence-corrected chi connectivity index (χ2v) is 8.64. The Morgan fingerprint density at radius 3 is 2.41 bits per heavy atom. The summed E-state index contributed by atoms with van der Waals surface area (Å²) in [6.45, 7) is 2.20. The second kappa shape index (κ2) is 13.5. The van der Waals surface area contributed by atoms with Crippen LogP contribution in [0.1, 0.15) is 74.2 Å². The van der Waals surface area contributed by atoms with E-state index in [1.807, 2.05) is 30.3 Å².